The number of piperidine rings is 1. The molecule has 1 aliphatic carbocycles. The summed E-state index contributed by atoms with van der Waals surface area (Å²) >= 11 is 1.58. The number of thiazole rings is 1. The molecule has 0 N–H and O–H groups in total. The van der Waals surface area contributed by atoms with Crippen molar-refractivity contribution in [3.05, 3.63) is 27.3 Å². The lowest BCUT2D eigenvalue weighted by Gasteiger charge is -2.30. The van der Waals surface area contributed by atoms with Crippen molar-refractivity contribution in [2.75, 3.05) is 26.8 Å². The fourth-order valence-corrected chi connectivity index (χ4v) is 4.79. The molecule has 1 atom stereocenters. The van der Waals surface area contributed by atoms with Gasteiger partial charge in [-0.1, -0.05) is 5.16 Å². The Labute approximate surface area is 156 Å². The second-order valence-corrected chi connectivity index (χ2v) is 8.06. The van der Waals surface area contributed by atoms with Gasteiger partial charge in [-0.15, -0.1) is 11.3 Å². The lowest BCUT2D eigenvalue weighted by Crippen LogP contribution is -2.39. The van der Waals surface area contributed by atoms with E-state index in [0.29, 0.717) is 36.3 Å². The van der Waals surface area contributed by atoms with E-state index >= 15 is 0 Å². The number of methoxy groups -OCH3 is 1. The molecule has 1 fully saturated rings. The van der Waals surface area contributed by atoms with E-state index in [2.05, 4.69) is 15.1 Å². The summed E-state index contributed by atoms with van der Waals surface area (Å²) in [5, 5.41) is 4.66. The summed E-state index contributed by atoms with van der Waals surface area (Å²) in [5.74, 6) is 1.45. The third-order valence-electron chi connectivity index (χ3n) is 5.10. The Kier molecular flexibility index (Phi) is 5.31. The van der Waals surface area contributed by atoms with Crippen LogP contribution < -0.4 is 0 Å². The number of amides is 1. The molecule has 1 amide bonds. The number of rotatable bonds is 5. The van der Waals surface area contributed by atoms with Crippen LogP contribution in [0.25, 0.3) is 0 Å². The van der Waals surface area contributed by atoms with Gasteiger partial charge in [0.1, 0.15) is 0 Å². The van der Waals surface area contributed by atoms with Crippen LogP contribution in [0.1, 0.15) is 63.7 Å². The maximum atomic E-state index is 12.9. The lowest BCUT2D eigenvalue weighted by molar-refractivity contribution is 0.0695. The fraction of sp³-hybridized carbons (Fsp3) is 0.667. The van der Waals surface area contributed by atoms with E-state index in [0.717, 1.165) is 37.9 Å². The van der Waals surface area contributed by atoms with E-state index < -0.39 is 0 Å². The Hall–Kier alpha value is -1.80. The van der Waals surface area contributed by atoms with Gasteiger partial charge in [-0.3, -0.25) is 4.79 Å². The molecule has 2 aromatic heterocycles. The number of hydrogen-bond donors (Lipinski definition) is 0. The van der Waals surface area contributed by atoms with Gasteiger partial charge in [0.05, 0.1) is 18.2 Å². The predicted octanol–water partition coefficient (Wildman–Crippen LogP) is 2.61. The Morgan fingerprint density at radius 3 is 3.04 bits per heavy atom. The molecular weight excluding hydrogens is 352 g/mol. The van der Waals surface area contributed by atoms with Crippen LogP contribution in [0.15, 0.2) is 4.52 Å². The summed E-state index contributed by atoms with van der Waals surface area (Å²) in [6.45, 7) is 1.96. The average molecular weight is 376 g/mol. The highest BCUT2D eigenvalue weighted by atomic mass is 32.1. The minimum atomic E-state index is 0.0493. The summed E-state index contributed by atoms with van der Waals surface area (Å²) in [5.41, 5.74) is 1.14. The maximum Gasteiger partial charge on any atom is 0.282 e. The number of fused-ring (bicyclic) bond motifs is 1. The highest BCUT2D eigenvalue weighted by molar-refractivity contribution is 7.13. The van der Waals surface area contributed by atoms with Crippen molar-refractivity contribution in [2.45, 2.75) is 50.9 Å². The summed E-state index contributed by atoms with van der Waals surface area (Å²) in [6, 6.07) is 0. The molecule has 7 nitrogen and oxygen atoms in total. The van der Waals surface area contributed by atoms with E-state index in [1.807, 2.05) is 4.90 Å². The molecule has 8 heteroatoms. The average Bonchev–Trinajstić information content (AvgIpc) is 3.32. The molecule has 2 aliphatic rings. The van der Waals surface area contributed by atoms with Crippen LogP contribution in [0.5, 0.6) is 0 Å². The summed E-state index contributed by atoms with van der Waals surface area (Å²) < 4.78 is 10.5. The smallest absolute Gasteiger partial charge is 0.282 e. The predicted molar refractivity (Wildman–Crippen MR) is 96.5 cm³/mol. The molecule has 4 rings (SSSR count). The van der Waals surface area contributed by atoms with Crippen LogP contribution in [0.2, 0.25) is 0 Å². The molecule has 26 heavy (non-hydrogen) atoms. The molecule has 3 heterocycles. The highest BCUT2D eigenvalue weighted by Crippen LogP contribution is 2.30. The van der Waals surface area contributed by atoms with E-state index in [1.54, 1.807) is 18.4 Å². The first-order chi connectivity index (χ1) is 12.7. The standard InChI is InChI=1S/C18H24N4O3S/c1-24-10-8-15-20-16(25-21-15)12-5-4-9-22(11-12)18(23)17-19-13-6-2-3-7-14(13)26-17/h12H,2-11H2,1H3. The molecule has 0 saturated carbocycles. The largest absolute Gasteiger partial charge is 0.384 e. The molecule has 1 aliphatic heterocycles. The molecule has 2 aromatic rings. The van der Waals surface area contributed by atoms with Gasteiger partial charge < -0.3 is 14.2 Å². The number of carbonyl (C=O) groups is 1. The Balaban J connectivity index is 1.43. The van der Waals surface area contributed by atoms with Crippen molar-refractivity contribution in [3.8, 4) is 0 Å². The van der Waals surface area contributed by atoms with Crippen molar-refractivity contribution in [1.29, 1.82) is 0 Å². The van der Waals surface area contributed by atoms with Crippen LogP contribution in [0, 0.1) is 0 Å². The van der Waals surface area contributed by atoms with Gasteiger partial charge >= 0.3 is 0 Å². The van der Waals surface area contributed by atoms with Gasteiger partial charge in [0, 0.05) is 31.5 Å². The van der Waals surface area contributed by atoms with Crippen molar-refractivity contribution in [2.24, 2.45) is 0 Å². The molecule has 0 bridgehead atoms. The number of nitrogens with zero attached hydrogens (tertiary/aromatic N) is 4. The van der Waals surface area contributed by atoms with Crippen molar-refractivity contribution >= 4 is 17.2 Å². The van der Waals surface area contributed by atoms with Gasteiger partial charge in [0.2, 0.25) is 5.89 Å². The zero-order valence-electron chi connectivity index (χ0n) is 15.1. The first-order valence-electron chi connectivity index (χ1n) is 9.34. The van der Waals surface area contributed by atoms with Gasteiger partial charge in [-0.25, -0.2) is 4.98 Å². The molecular formula is C18H24N4O3S. The van der Waals surface area contributed by atoms with Crippen LogP contribution in [0.4, 0.5) is 0 Å². The SMILES string of the molecule is COCCc1noc(C2CCCN(C(=O)c3nc4c(s3)CCCC4)C2)n1. The van der Waals surface area contributed by atoms with Gasteiger partial charge in [0.15, 0.2) is 10.8 Å². The minimum absolute atomic E-state index is 0.0493. The first-order valence-corrected chi connectivity index (χ1v) is 10.2. The van der Waals surface area contributed by atoms with Crippen molar-refractivity contribution < 1.29 is 14.1 Å². The van der Waals surface area contributed by atoms with Gasteiger partial charge in [-0.05, 0) is 38.5 Å². The summed E-state index contributed by atoms with van der Waals surface area (Å²) in [6.07, 6.45) is 7.00. The molecule has 140 valence electrons. The zero-order valence-corrected chi connectivity index (χ0v) is 15.9. The molecule has 0 spiro atoms. The van der Waals surface area contributed by atoms with Crippen molar-refractivity contribution in [1.82, 2.24) is 20.0 Å². The van der Waals surface area contributed by atoms with Crippen LogP contribution in [0.3, 0.4) is 0 Å². The topological polar surface area (TPSA) is 81.4 Å². The van der Waals surface area contributed by atoms with Crippen LogP contribution in [-0.2, 0) is 24.0 Å². The third-order valence-corrected chi connectivity index (χ3v) is 6.25. The van der Waals surface area contributed by atoms with Crippen molar-refractivity contribution in [3.63, 3.8) is 0 Å². The molecule has 1 saturated heterocycles. The second kappa shape index (κ2) is 7.84. The number of likely N-dealkylation sites (tertiary alicyclic amines) is 1. The monoisotopic (exact) mass is 376 g/mol. The highest BCUT2D eigenvalue weighted by Gasteiger charge is 2.31. The molecule has 0 aromatic carbocycles. The summed E-state index contributed by atoms with van der Waals surface area (Å²) in [4.78, 5) is 25.2. The maximum absolute atomic E-state index is 12.9. The second-order valence-electron chi connectivity index (χ2n) is 6.98. The van der Waals surface area contributed by atoms with Crippen LogP contribution in [-0.4, -0.2) is 52.7 Å². The first kappa shape index (κ1) is 17.6. The quantitative estimate of drug-likeness (QED) is 0.798. The van der Waals surface area contributed by atoms with E-state index in [1.165, 1.54) is 17.7 Å². The Bertz CT molecular complexity index is 749. The van der Waals surface area contributed by atoms with E-state index in [9.17, 15) is 4.79 Å². The van der Waals surface area contributed by atoms with Gasteiger partial charge in [0.25, 0.3) is 5.91 Å². The number of aromatic nitrogens is 3. The zero-order chi connectivity index (χ0) is 17.9. The Morgan fingerprint density at radius 2 is 2.19 bits per heavy atom. The lowest BCUT2D eigenvalue weighted by atomic mass is 9.98. The summed E-state index contributed by atoms with van der Waals surface area (Å²) in [7, 11) is 1.65. The minimum Gasteiger partial charge on any atom is -0.384 e. The normalized spacial score (nSPS) is 20.2. The van der Waals surface area contributed by atoms with E-state index in [4.69, 9.17) is 9.26 Å². The molecule has 1 unspecified atom stereocenters. The third kappa shape index (κ3) is 3.66. The van der Waals surface area contributed by atoms with Crippen LogP contribution >= 0.6 is 11.3 Å². The number of carbonyl (C=O) groups excluding carboxylic acids is 1. The molecule has 0 radical (unpaired) electrons. The fourth-order valence-electron chi connectivity index (χ4n) is 3.67. The van der Waals surface area contributed by atoms with Gasteiger partial charge in [-0.2, -0.15) is 4.98 Å². The Morgan fingerprint density at radius 1 is 1.31 bits per heavy atom. The van der Waals surface area contributed by atoms with E-state index in [-0.39, 0.29) is 11.8 Å². The number of aryl methyl sites for hydroxylation is 2. The number of ether oxygens (including phenoxy) is 1. The number of hydrogen-bond acceptors (Lipinski definition) is 7.